The summed E-state index contributed by atoms with van der Waals surface area (Å²) in [6, 6.07) is 0. The van der Waals surface area contributed by atoms with Gasteiger partial charge in [0.25, 0.3) is 5.92 Å². The van der Waals surface area contributed by atoms with E-state index in [2.05, 4.69) is 6.58 Å². The second kappa shape index (κ2) is 5.17. The second-order valence-corrected chi connectivity index (χ2v) is 7.08. The Morgan fingerprint density at radius 2 is 2.09 bits per heavy atom. The first-order valence-electron chi connectivity index (χ1n) is 7.52. The first-order chi connectivity index (χ1) is 9.95. The fraction of sp³-hybridized carbons (Fsp3) is 0.812. The van der Waals surface area contributed by atoms with Crippen LogP contribution in [0.15, 0.2) is 12.3 Å². The Morgan fingerprint density at radius 1 is 1.50 bits per heavy atom. The van der Waals surface area contributed by atoms with E-state index in [1.165, 1.54) is 0 Å². The summed E-state index contributed by atoms with van der Waals surface area (Å²) in [6.45, 7) is 9.29. The van der Waals surface area contributed by atoms with Crippen molar-refractivity contribution in [2.75, 3.05) is 6.61 Å². The molecule has 0 aromatic carbocycles. The van der Waals surface area contributed by atoms with Crippen LogP contribution in [-0.2, 0) is 14.3 Å². The number of allylic oxidation sites excluding steroid dienone is 1. The first-order valence-corrected chi connectivity index (χ1v) is 7.52. The summed E-state index contributed by atoms with van der Waals surface area (Å²) in [5.41, 5.74) is -1.56. The van der Waals surface area contributed by atoms with Crippen LogP contribution in [0.25, 0.3) is 0 Å². The maximum absolute atomic E-state index is 13.3. The molecule has 1 saturated carbocycles. The zero-order valence-corrected chi connectivity index (χ0v) is 13.4. The topological polar surface area (TPSA) is 35.5 Å². The van der Waals surface area contributed by atoms with Crippen LogP contribution in [0.2, 0.25) is 0 Å². The van der Waals surface area contributed by atoms with Gasteiger partial charge < -0.3 is 9.47 Å². The third kappa shape index (κ3) is 2.40. The first kappa shape index (κ1) is 17.2. The van der Waals surface area contributed by atoms with Crippen molar-refractivity contribution in [1.29, 1.82) is 0 Å². The number of rotatable bonds is 5. The molecule has 1 aliphatic heterocycles. The number of ether oxygens (including phenoxy) is 2. The van der Waals surface area contributed by atoms with Gasteiger partial charge in [0.1, 0.15) is 6.61 Å². The van der Waals surface area contributed by atoms with Crippen molar-refractivity contribution < 1.29 is 27.4 Å². The van der Waals surface area contributed by atoms with Crippen molar-refractivity contribution in [3.05, 3.63) is 12.3 Å². The molecule has 0 radical (unpaired) electrons. The standard InChI is InChI=1S/C16H23F3O3/c1-9(2)12-14(4)6-7-16(12,22-10(14)3)13(20)21-8-11(17)15(5,18)19/h9,11-12H,3,6-8H2,1-2,4-5H3. The van der Waals surface area contributed by atoms with Gasteiger partial charge in [-0.25, -0.2) is 18.0 Å². The van der Waals surface area contributed by atoms with Crippen LogP contribution in [-0.4, -0.2) is 30.3 Å². The SMILES string of the molecule is C=C1OC2(C(=O)OCC(F)C(C)(F)F)CCC1(C)C2C(C)C. The molecule has 1 saturated heterocycles. The van der Waals surface area contributed by atoms with Gasteiger partial charge in [0.2, 0.25) is 5.60 Å². The predicted octanol–water partition coefficient (Wildman–Crippen LogP) is 3.88. The largest absolute Gasteiger partial charge is 0.480 e. The number of carbonyl (C=O) groups is 1. The van der Waals surface area contributed by atoms with E-state index >= 15 is 0 Å². The maximum Gasteiger partial charge on any atom is 0.350 e. The van der Waals surface area contributed by atoms with Gasteiger partial charge >= 0.3 is 5.97 Å². The Labute approximate surface area is 128 Å². The monoisotopic (exact) mass is 320 g/mol. The molecule has 4 unspecified atom stereocenters. The molecule has 2 aliphatic rings. The number of halogens is 3. The lowest BCUT2D eigenvalue weighted by molar-refractivity contribution is -0.175. The summed E-state index contributed by atoms with van der Waals surface area (Å²) in [7, 11) is 0. The summed E-state index contributed by atoms with van der Waals surface area (Å²) in [5.74, 6) is -3.82. The molecule has 1 aliphatic carbocycles. The van der Waals surface area contributed by atoms with E-state index in [9.17, 15) is 18.0 Å². The van der Waals surface area contributed by atoms with Gasteiger partial charge in [-0.05, 0) is 18.8 Å². The minimum atomic E-state index is -3.54. The average molecular weight is 320 g/mol. The molecule has 3 nitrogen and oxygen atoms in total. The molecular weight excluding hydrogens is 297 g/mol. The van der Waals surface area contributed by atoms with Gasteiger partial charge in [0.05, 0.1) is 5.76 Å². The van der Waals surface area contributed by atoms with Crippen molar-refractivity contribution in [2.45, 2.75) is 58.2 Å². The summed E-state index contributed by atoms with van der Waals surface area (Å²) in [6.07, 6.45) is -1.38. The van der Waals surface area contributed by atoms with E-state index < -0.39 is 30.3 Å². The lowest BCUT2D eigenvalue weighted by atomic mass is 9.71. The Balaban J connectivity index is 2.16. The van der Waals surface area contributed by atoms with Crippen LogP contribution in [0, 0.1) is 17.3 Å². The molecule has 2 rings (SSSR count). The van der Waals surface area contributed by atoms with Crippen LogP contribution in [0.5, 0.6) is 0 Å². The quantitative estimate of drug-likeness (QED) is 0.721. The molecule has 0 spiro atoms. The molecule has 0 aromatic rings. The number of alkyl halides is 3. The van der Waals surface area contributed by atoms with Crippen molar-refractivity contribution in [2.24, 2.45) is 17.3 Å². The molecule has 1 heterocycles. The van der Waals surface area contributed by atoms with Crippen LogP contribution in [0.3, 0.4) is 0 Å². The van der Waals surface area contributed by atoms with E-state index in [1.807, 2.05) is 20.8 Å². The van der Waals surface area contributed by atoms with Crippen LogP contribution >= 0.6 is 0 Å². The summed E-state index contributed by atoms with van der Waals surface area (Å²) < 4.78 is 49.6. The lowest BCUT2D eigenvalue weighted by Crippen LogP contribution is -2.46. The van der Waals surface area contributed by atoms with Gasteiger partial charge in [0, 0.05) is 18.3 Å². The van der Waals surface area contributed by atoms with E-state index in [1.54, 1.807) is 0 Å². The van der Waals surface area contributed by atoms with Crippen LogP contribution in [0.4, 0.5) is 13.2 Å². The number of hydrogen-bond acceptors (Lipinski definition) is 3. The highest BCUT2D eigenvalue weighted by molar-refractivity contribution is 5.82. The van der Waals surface area contributed by atoms with Crippen LogP contribution < -0.4 is 0 Å². The van der Waals surface area contributed by atoms with Crippen molar-refractivity contribution in [3.63, 3.8) is 0 Å². The van der Waals surface area contributed by atoms with Crippen molar-refractivity contribution in [3.8, 4) is 0 Å². The summed E-state index contributed by atoms with van der Waals surface area (Å²) >= 11 is 0. The summed E-state index contributed by atoms with van der Waals surface area (Å²) in [4.78, 5) is 12.5. The molecule has 4 atom stereocenters. The minimum Gasteiger partial charge on any atom is -0.480 e. The number of fused-ring (bicyclic) bond motifs is 2. The molecule has 0 aromatic heterocycles. The maximum atomic E-state index is 13.3. The van der Waals surface area contributed by atoms with Crippen LogP contribution in [0.1, 0.15) is 40.5 Å². The van der Waals surface area contributed by atoms with Gasteiger partial charge in [-0.3, -0.25) is 0 Å². The van der Waals surface area contributed by atoms with Crippen molar-refractivity contribution in [1.82, 2.24) is 0 Å². The zero-order valence-electron chi connectivity index (χ0n) is 13.4. The van der Waals surface area contributed by atoms with E-state index in [-0.39, 0.29) is 17.3 Å². The molecule has 126 valence electrons. The zero-order chi connectivity index (χ0) is 16.9. The highest BCUT2D eigenvalue weighted by Gasteiger charge is 2.69. The highest BCUT2D eigenvalue weighted by atomic mass is 19.3. The molecular formula is C16H23F3O3. The Kier molecular flexibility index (Phi) is 4.03. The fourth-order valence-electron chi connectivity index (χ4n) is 4.00. The molecule has 0 N–H and O–H groups in total. The number of carbonyl (C=O) groups excluding carboxylic acids is 1. The Bertz CT molecular complexity index is 486. The lowest BCUT2D eigenvalue weighted by Gasteiger charge is -2.31. The van der Waals surface area contributed by atoms with E-state index in [4.69, 9.17) is 9.47 Å². The molecule has 2 fully saturated rings. The second-order valence-electron chi connectivity index (χ2n) is 7.08. The van der Waals surface area contributed by atoms with E-state index in [0.29, 0.717) is 25.5 Å². The summed E-state index contributed by atoms with van der Waals surface area (Å²) in [5, 5.41) is 0. The minimum absolute atomic E-state index is 0.119. The average Bonchev–Trinajstić information content (AvgIpc) is 2.80. The van der Waals surface area contributed by atoms with Gasteiger partial charge in [-0.15, -0.1) is 0 Å². The third-order valence-electron chi connectivity index (χ3n) is 5.07. The fourth-order valence-corrected chi connectivity index (χ4v) is 4.00. The number of esters is 1. The number of hydrogen-bond donors (Lipinski definition) is 0. The molecule has 0 amide bonds. The Morgan fingerprint density at radius 3 is 2.55 bits per heavy atom. The predicted molar refractivity (Wildman–Crippen MR) is 75.1 cm³/mol. The molecule has 6 heteroatoms. The normalized spacial score (nSPS) is 35.6. The highest BCUT2D eigenvalue weighted by Crippen LogP contribution is 2.64. The Hall–Kier alpha value is -1.20. The smallest absolute Gasteiger partial charge is 0.350 e. The van der Waals surface area contributed by atoms with Gasteiger partial charge in [-0.2, -0.15) is 0 Å². The van der Waals surface area contributed by atoms with E-state index in [0.717, 1.165) is 0 Å². The van der Waals surface area contributed by atoms with Crippen molar-refractivity contribution >= 4 is 5.97 Å². The van der Waals surface area contributed by atoms with Gasteiger partial charge in [0.15, 0.2) is 6.17 Å². The molecule has 22 heavy (non-hydrogen) atoms. The third-order valence-corrected chi connectivity index (χ3v) is 5.07. The van der Waals surface area contributed by atoms with Gasteiger partial charge in [-0.1, -0.05) is 27.4 Å². The molecule has 2 bridgehead atoms.